The smallest absolute Gasteiger partial charge is 0.118 e. The molecular weight excluding hydrogens is 204 g/mol. The molecule has 0 amide bonds. The van der Waals surface area contributed by atoms with E-state index < -0.39 is 5.60 Å². The molecular formula is C13H20O3. The molecule has 1 rings (SSSR count). The fourth-order valence-corrected chi connectivity index (χ4v) is 1.59. The Kier molecular flexibility index (Phi) is 4.77. The van der Waals surface area contributed by atoms with Crippen LogP contribution in [0.4, 0.5) is 0 Å². The molecule has 1 unspecified atom stereocenters. The molecule has 3 heteroatoms. The van der Waals surface area contributed by atoms with Crippen LogP contribution in [0, 0.1) is 0 Å². The van der Waals surface area contributed by atoms with Crippen LogP contribution >= 0.6 is 0 Å². The van der Waals surface area contributed by atoms with Crippen molar-refractivity contribution in [2.24, 2.45) is 0 Å². The zero-order chi connectivity index (χ0) is 12.0. The van der Waals surface area contributed by atoms with Gasteiger partial charge in [0.25, 0.3) is 0 Å². The molecule has 3 nitrogen and oxygen atoms in total. The van der Waals surface area contributed by atoms with E-state index in [-0.39, 0.29) is 0 Å². The summed E-state index contributed by atoms with van der Waals surface area (Å²) in [6, 6.07) is 7.89. The summed E-state index contributed by atoms with van der Waals surface area (Å²) in [6.45, 7) is 2.16. The van der Waals surface area contributed by atoms with Crippen molar-refractivity contribution in [2.75, 3.05) is 20.8 Å². The van der Waals surface area contributed by atoms with E-state index in [1.807, 2.05) is 24.3 Å². The molecule has 0 aliphatic rings. The minimum Gasteiger partial charge on any atom is -0.497 e. The number of rotatable bonds is 6. The third-order valence-electron chi connectivity index (χ3n) is 2.57. The van der Waals surface area contributed by atoms with Gasteiger partial charge in [-0.25, -0.2) is 0 Å². The summed E-state index contributed by atoms with van der Waals surface area (Å²) in [5.41, 5.74) is 0.437. The van der Waals surface area contributed by atoms with Crippen molar-refractivity contribution < 1.29 is 14.6 Å². The van der Waals surface area contributed by atoms with Gasteiger partial charge in [0.15, 0.2) is 0 Å². The van der Waals surface area contributed by atoms with Gasteiger partial charge in [-0.3, -0.25) is 0 Å². The maximum absolute atomic E-state index is 9.93. The Morgan fingerprint density at radius 3 is 2.31 bits per heavy atom. The number of aryl methyl sites for hydroxylation is 1. The lowest BCUT2D eigenvalue weighted by Gasteiger charge is -2.22. The molecule has 0 saturated carbocycles. The van der Waals surface area contributed by atoms with Crippen molar-refractivity contribution in [1.29, 1.82) is 0 Å². The molecule has 1 aromatic rings. The summed E-state index contributed by atoms with van der Waals surface area (Å²) in [4.78, 5) is 0. The summed E-state index contributed by atoms with van der Waals surface area (Å²) in [7, 11) is 3.25. The lowest BCUT2D eigenvalue weighted by molar-refractivity contribution is -0.0223. The van der Waals surface area contributed by atoms with Gasteiger partial charge in [0.05, 0.1) is 19.3 Å². The highest BCUT2D eigenvalue weighted by atomic mass is 16.5. The molecule has 0 aromatic heterocycles. The average Bonchev–Trinajstić information content (AvgIpc) is 2.27. The molecule has 0 fully saturated rings. The molecule has 0 aliphatic heterocycles. The predicted octanol–water partition coefficient (Wildman–Crippen LogP) is 2.03. The van der Waals surface area contributed by atoms with Crippen LogP contribution in [0.2, 0.25) is 0 Å². The summed E-state index contributed by atoms with van der Waals surface area (Å²) in [5.74, 6) is 0.854. The Balaban J connectivity index is 2.48. The summed E-state index contributed by atoms with van der Waals surface area (Å²) < 4.78 is 10.0. The van der Waals surface area contributed by atoms with E-state index in [0.717, 1.165) is 12.2 Å². The minimum atomic E-state index is -0.755. The van der Waals surface area contributed by atoms with E-state index in [1.54, 1.807) is 21.1 Å². The van der Waals surface area contributed by atoms with Gasteiger partial charge in [-0.05, 0) is 37.5 Å². The van der Waals surface area contributed by atoms with Crippen LogP contribution in [0.1, 0.15) is 18.9 Å². The molecule has 0 aliphatic carbocycles. The zero-order valence-electron chi connectivity index (χ0n) is 10.2. The molecule has 90 valence electrons. The Labute approximate surface area is 97.0 Å². The molecule has 0 spiro atoms. The van der Waals surface area contributed by atoms with Gasteiger partial charge in [-0.15, -0.1) is 0 Å². The molecule has 1 atom stereocenters. The molecule has 1 N–H and O–H groups in total. The molecule has 0 heterocycles. The number of aliphatic hydroxyl groups is 1. The quantitative estimate of drug-likeness (QED) is 0.803. The molecule has 1 aromatic carbocycles. The number of methoxy groups -OCH3 is 2. The van der Waals surface area contributed by atoms with Crippen LogP contribution in [-0.2, 0) is 11.2 Å². The highest BCUT2D eigenvalue weighted by Crippen LogP contribution is 2.17. The van der Waals surface area contributed by atoms with Crippen molar-refractivity contribution in [3.05, 3.63) is 29.8 Å². The zero-order valence-corrected chi connectivity index (χ0v) is 10.2. The SMILES string of the molecule is COCC(C)(O)CCc1ccc(OC)cc1. The van der Waals surface area contributed by atoms with Crippen LogP contribution in [0.5, 0.6) is 5.75 Å². The summed E-state index contributed by atoms with van der Waals surface area (Å²) >= 11 is 0. The lowest BCUT2D eigenvalue weighted by atomic mass is 9.98. The first-order chi connectivity index (χ1) is 7.57. The number of benzene rings is 1. The topological polar surface area (TPSA) is 38.7 Å². The van der Waals surface area contributed by atoms with Gasteiger partial charge in [0, 0.05) is 7.11 Å². The Hall–Kier alpha value is -1.06. The van der Waals surface area contributed by atoms with E-state index in [0.29, 0.717) is 13.0 Å². The highest BCUT2D eigenvalue weighted by Gasteiger charge is 2.19. The molecule has 0 saturated heterocycles. The van der Waals surface area contributed by atoms with Crippen molar-refractivity contribution in [1.82, 2.24) is 0 Å². The summed E-state index contributed by atoms with van der Waals surface area (Å²) in [5, 5.41) is 9.93. The Morgan fingerprint density at radius 2 is 1.81 bits per heavy atom. The Morgan fingerprint density at radius 1 is 1.19 bits per heavy atom. The second-order valence-corrected chi connectivity index (χ2v) is 4.28. The van der Waals surface area contributed by atoms with Crippen LogP contribution in [0.15, 0.2) is 24.3 Å². The van der Waals surface area contributed by atoms with E-state index >= 15 is 0 Å². The predicted molar refractivity (Wildman–Crippen MR) is 63.8 cm³/mol. The third kappa shape index (κ3) is 4.21. The monoisotopic (exact) mass is 224 g/mol. The molecule has 0 radical (unpaired) electrons. The number of ether oxygens (including phenoxy) is 2. The molecule has 0 bridgehead atoms. The first-order valence-corrected chi connectivity index (χ1v) is 5.41. The van der Waals surface area contributed by atoms with Gasteiger partial charge < -0.3 is 14.6 Å². The van der Waals surface area contributed by atoms with Crippen LogP contribution in [0.25, 0.3) is 0 Å². The van der Waals surface area contributed by atoms with E-state index in [9.17, 15) is 5.11 Å². The first kappa shape index (κ1) is 13.0. The second kappa shape index (κ2) is 5.87. The fraction of sp³-hybridized carbons (Fsp3) is 0.538. The normalized spacial score (nSPS) is 14.5. The van der Waals surface area contributed by atoms with Crippen LogP contribution in [-0.4, -0.2) is 31.5 Å². The van der Waals surface area contributed by atoms with Crippen molar-refractivity contribution >= 4 is 0 Å². The van der Waals surface area contributed by atoms with Crippen molar-refractivity contribution in [3.63, 3.8) is 0 Å². The first-order valence-electron chi connectivity index (χ1n) is 5.41. The van der Waals surface area contributed by atoms with Gasteiger partial charge in [-0.1, -0.05) is 12.1 Å². The minimum absolute atomic E-state index is 0.364. The Bertz CT molecular complexity index is 303. The maximum atomic E-state index is 9.93. The lowest BCUT2D eigenvalue weighted by Crippen LogP contribution is -2.30. The van der Waals surface area contributed by atoms with E-state index in [1.165, 1.54) is 5.56 Å². The third-order valence-corrected chi connectivity index (χ3v) is 2.57. The average molecular weight is 224 g/mol. The summed E-state index contributed by atoms with van der Waals surface area (Å²) in [6.07, 6.45) is 1.52. The second-order valence-electron chi connectivity index (χ2n) is 4.28. The van der Waals surface area contributed by atoms with Crippen LogP contribution < -0.4 is 4.74 Å². The number of hydrogen-bond donors (Lipinski definition) is 1. The fourth-order valence-electron chi connectivity index (χ4n) is 1.59. The van der Waals surface area contributed by atoms with E-state index in [4.69, 9.17) is 9.47 Å². The standard InChI is InChI=1S/C13H20O3/c1-13(14,10-15-2)9-8-11-4-6-12(16-3)7-5-11/h4-7,14H,8-10H2,1-3H3. The van der Waals surface area contributed by atoms with Crippen molar-refractivity contribution in [2.45, 2.75) is 25.4 Å². The van der Waals surface area contributed by atoms with Gasteiger partial charge >= 0.3 is 0 Å². The highest BCUT2D eigenvalue weighted by molar-refractivity contribution is 5.27. The van der Waals surface area contributed by atoms with Crippen LogP contribution in [0.3, 0.4) is 0 Å². The van der Waals surface area contributed by atoms with E-state index in [2.05, 4.69) is 0 Å². The molecule has 16 heavy (non-hydrogen) atoms. The van der Waals surface area contributed by atoms with Crippen molar-refractivity contribution in [3.8, 4) is 5.75 Å². The van der Waals surface area contributed by atoms with Gasteiger partial charge in [0.1, 0.15) is 5.75 Å². The number of hydrogen-bond acceptors (Lipinski definition) is 3. The maximum Gasteiger partial charge on any atom is 0.118 e. The van der Waals surface area contributed by atoms with Gasteiger partial charge in [-0.2, -0.15) is 0 Å². The van der Waals surface area contributed by atoms with Gasteiger partial charge in [0.2, 0.25) is 0 Å². The largest absolute Gasteiger partial charge is 0.497 e.